The molecule has 9 nitrogen and oxygen atoms in total. The number of rotatable bonds is 56. The van der Waals surface area contributed by atoms with E-state index in [2.05, 4.69) is 79.9 Å². The van der Waals surface area contributed by atoms with E-state index in [4.69, 9.17) is 9.47 Å². The molecule has 9 heteroatoms. The van der Waals surface area contributed by atoms with Crippen molar-refractivity contribution in [2.75, 3.05) is 13.2 Å². The molecule has 1 aliphatic heterocycles. The molecule has 1 heterocycles. The molecule has 444 valence electrons. The minimum atomic E-state index is -1.56. The van der Waals surface area contributed by atoms with Gasteiger partial charge in [0.25, 0.3) is 0 Å². The lowest BCUT2D eigenvalue weighted by molar-refractivity contribution is -0.302. The molecule has 76 heavy (non-hydrogen) atoms. The van der Waals surface area contributed by atoms with Crippen molar-refractivity contribution in [1.82, 2.24) is 5.32 Å². The van der Waals surface area contributed by atoms with E-state index in [1.165, 1.54) is 193 Å². The zero-order valence-electron chi connectivity index (χ0n) is 49.5. The molecule has 0 aromatic heterocycles. The van der Waals surface area contributed by atoms with Gasteiger partial charge in [-0.05, 0) is 57.8 Å². The van der Waals surface area contributed by atoms with Gasteiger partial charge in [-0.15, -0.1) is 0 Å². The molecule has 7 unspecified atom stereocenters. The highest BCUT2D eigenvalue weighted by atomic mass is 16.7. The smallest absolute Gasteiger partial charge is 0.220 e. The van der Waals surface area contributed by atoms with Crippen molar-refractivity contribution in [3.8, 4) is 0 Å². The number of hydrogen-bond donors (Lipinski definition) is 6. The number of carbonyl (C=O) groups is 1. The molecular formula is C67H123NO8. The first-order valence-corrected chi connectivity index (χ1v) is 32.5. The van der Waals surface area contributed by atoms with Gasteiger partial charge in [-0.3, -0.25) is 4.79 Å². The molecule has 7 atom stereocenters. The summed E-state index contributed by atoms with van der Waals surface area (Å²) in [7, 11) is 0. The summed E-state index contributed by atoms with van der Waals surface area (Å²) in [6, 6.07) is -0.730. The molecule has 0 aromatic rings. The molecule has 1 fully saturated rings. The molecule has 0 spiro atoms. The molecule has 6 N–H and O–H groups in total. The average molecular weight is 1070 g/mol. The Morgan fingerprint density at radius 2 is 0.816 bits per heavy atom. The Labute approximate surface area is 468 Å². The van der Waals surface area contributed by atoms with Crippen molar-refractivity contribution in [3.63, 3.8) is 0 Å². The Kier molecular flexibility index (Phi) is 53.1. The van der Waals surface area contributed by atoms with Crippen LogP contribution in [-0.2, 0) is 14.3 Å². The van der Waals surface area contributed by atoms with E-state index in [9.17, 15) is 30.3 Å². The zero-order valence-corrected chi connectivity index (χ0v) is 49.5. The van der Waals surface area contributed by atoms with Crippen LogP contribution < -0.4 is 5.32 Å². The summed E-state index contributed by atoms with van der Waals surface area (Å²) in [4.78, 5) is 13.1. The van der Waals surface area contributed by atoms with E-state index >= 15 is 0 Å². The Hall–Kier alpha value is -2.11. The molecule has 0 aromatic carbocycles. The summed E-state index contributed by atoms with van der Waals surface area (Å²) in [6.07, 6.45) is 69.8. The van der Waals surface area contributed by atoms with Crippen LogP contribution in [0, 0.1) is 0 Å². The first-order chi connectivity index (χ1) is 37.3. The number of amides is 1. The van der Waals surface area contributed by atoms with Crippen molar-refractivity contribution in [2.24, 2.45) is 0 Å². The van der Waals surface area contributed by atoms with Crippen molar-refractivity contribution in [2.45, 2.75) is 346 Å². The van der Waals surface area contributed by atoms with Crippen LogP contribution in [0.2, 0.25) is 0 Å². The van der Waals surface area contributed by atoms with E-state index in [1.807, 2.05) is 0 Å². The van der Waals surface area contributed by atoms with Crippen LogP contribution in [0.5, 0.6) is 0 Å². The third-order valence-corrected chi connectivity index (χ3v) is 15.4. The van der Waals surface area contributed by atoms with Gasteiger partial charge in [0.1, 0.15) is 24.4 Å². The number of unbranched alkanes of at least 4 members (excludes halogenated alkanes) is 36. The third kappa shape index (κ3) is 44.7. The van der Waals surface area contributed by atoms with Gasteiger partial charge in [-0.1, -0.05) is 299 Å². The number of nitrogens with one attached hydrogen (secondary N) is 1. The number of aliphatic hydroxyl groups excluding tert-OH is 5. The Balaban J connectivity index is 2.15. The largest absolute Gasteiger partial charge is 0.394 e. The van der Waals surface area contributed by atoms with Gasteiger partial charge in [-0.25, -0.2) is 0 Å². The fourth-order valence-corrected chi connectivity index (χ4v) is 10.3. The van der Waals surface area contributed by atoms with Crippen LogP contribution in [0.3, 0.4) is 0 Å². The Morgan fingerprint density at radius 3 is 1.21 bits per heavy atom. The second-order valence-corrected chi connectivity index (χ2v) is 22.5. The zero-order chi connectivity index (χ0) is 55.0. The minimum Gasteiger partial charge on any atom is -0.394 e. The van der Waals surface area contributed by atoms with Gasteiger partial charge >= 0.3 is 0 Å². The van der Waals surface area contributed by atoms with E-state index in [0.717, 1.165) is 83.5 Å². The van der Waals surface area contributed by atoms with Crippen LogP contribution in [0.15, 0.2) is 60.8 Å². The topological polar surface area (TPSA) is 149 Å². The summed E-state index contributed by atoms with van der Waals surface area (Å²) < 4.78 is 11.3. The third-order valence-electron chi connectivity index (χ3n) is 15.4. The Morgan fingerprint density at radius 1 is 0.461 bits per heavy atom. The highest BCUT2D eigenvalue weighted by Gasteiger charge is 2.44. The van der Waals surface area contributed by atoms with Gasteiger partial charge in [0.05, 0.1) is 25.4 Å². The predicted octanol–water partition coefficient (Wildman–Crippen LogP) is 17.0. The number of carbonyl (C=O) groups excluding carboxylic acids is 1. The molecular weight excluding hydrogens is 947 g/mol. The maximum Gasteiger partial charge on any atom is 0.220 e. The summed E-state index contributed by atoms with van der Waals surface area (Å²) in [5.41, 5.74) is 0. The van der Waals surface area contributed by atoms with Gasteiger partial charge in [0.15, 0.2) is 6.29 Å². The summed E-state index contributed by atoms with van der Waals surface area (Å²) in [5.74, 6) is -0.153. The van der Waals surface area contributed by atoms with Gasteiger partial charge in [-0.2, -0.15) is 0 Å². The maximum absolute atomic E-state index is 13.1. The van der Waals surface area contributed by atoms with Gasteiger partial charge < -0.3 is 40.3 Å². The van der Waals surface area contributed by atoms with Crippen LogP contribution in [0.25, 0.3) is 0 Å². The predicted molar refractivity (Wildman–Crippen MR) is 322 cm³/mol. The van der Waals surface area contributed by atoms with Crippen LogP contribution in [0.4, 0.5) is 0 Å². The molecule has 0 aliphatic carbocycles. The van der Waals surface area contributed by atoms with E-state index in [-0.39, 0.29) is 12.5 Å². The molecule has 0 radical (unpaired) electrons. The van der Waals surface area contributed by atoms with Crippen molar-refractivity contribution in [1.29, 1.82) is 0 Å². The monoisotopic (exact) mass is 1070 g/mol. The lowest BCUT2D eigenvalue weighted by Crippen LogP contribution is -2.60. The first kappa shape index (κ1) is 71.9. The second kappa shape index (κ2) is 56.2. The van der Waals surface area contributed by atoms with Crippen molar-refractivity contribution in [3.05, 3.63) is 60.8 Å². The fraction of sp³-hybridized carbons (Fsp3) is 0.836. The minimum absolute atomic E-state index is 0.144. The number of aliphatic hydroxyl groups is 5. The number of hydrogen-bond acceptors (Lipinski definition) is 8. The SMILES string of the molecule is CC/C=C\C/C=C\C/C=C\C/C=C\C/C=C\CCCCCCCCCC(=O)NC(COC1OC(CO)C(O)C(O)C1O)C(O)CCCCCCCCCCCCCCCCCCCCCCCCCCCCCCCC. The van der Waals surface area contributed by atoms with E-state index in [0.29, 0.717) is 12.8 Å². The van der Waals surface area contributed by atoms with Crippen LogP contribution >= 0.6 is 0 Å². The van der Waals surface area contributed by atoms with E-state index in [1.54, 1.807) is 0 Å². The number of allylic oxidation sites excluding steroid dienone is 10. The number of ether oxygens (including phenoxy) is 2. The highest BCUT2D eigenvalue weighted by molar-refractivity contribution is 5.76. The molecule has 0 bridgehead atoms. The first-order valence-electron chi connectivity index (χ1n) is 32.5. The van der Waals surface area contributed by atoms with Crippen LogP contribution in [-0.4, -0.2) is 87.5 Å². The molecule has 0 saturated carbocycles. The Bertz CT molecular complexity index is 1380. The normalized spacial score (nSPS) is 19.2. The van der Waals surface area contributed by atoms with Crippen LogP contribution in [0.1, 0.15) is 303 Å². The van der Waals surface area contributed by atoms with Gasteiger partial charge in [0.2, 0.25) is 5.91 Å². The quantitative estimate of drug-likeness (QED) is 0.0261. The summed E-state index contributed by atoms with van der Waals surface area (Å²) >= 11 is 0. The molecule has 1 rings (SSSR count). The fourth-order valence-electron chi connectivity index (χ4n) is 10.3. The summed E-state index contributed by atoms with van der Waals surface area (Å²) in [5, 5.41) is 54.8. The van der Waals surface area contributed by atoms with Crippen molar-refractivity contribution < 1.29 is 39.8 Å². The average Bonchev–Trinajstić information content (AvgIpc) is 3.42. The summed E-state index contributed by atoms with van der Waals surface area (Å²) in [6.45, 7) is 3.75. The maximum atomic E-state index is 13.1. The molecule has 1 aliphatic rings. The lowest BCUT2D eigenvalue weighted by Gasteiger charge is -2.40. The lowest BCUT2D eigenvalue weighted by atomic mass is 9.99. The van der Waals surface area contributed by atoms with Gasteiger partial charge in [0, 0.05) is 6.42 Å². The second-order valence-electron chi connectivity index (χ2n) is 22.5. The standard InChI is InChI=1S/C67H123NO8/c1-3-5-7-9-11-13-15-17-19-21-23-25-27-28-29-30-31-32-33-35-36-38-40-42-44-46-48-50-52-54-56-61(70)60(59-75-67-66(74)65(73)64(72)62(58-69)76-67)68-63(71)57-55-53-51-49-47-45-43-41-39-37-34-26-24-22-20-18-16-14-12-10-8-6-4-2/h6,8,12,14,18,20,24,26,37,39,60-62,64-67,69-70,72-74H,3-5,7,9-11,13,15-17,19,21-23,25,27-36,38,40-59H2,1-2H3,(H,68,71)/b8-6-,14-12-,20-18-,26-24-,39-37-. The molecule has 1 saturated heterocycles. The highest BCUT2D eigenvalue weighted by Crippen LogP contribution is 2.23. The van der Waals surface area contributed by atoms with Crippen molar-refractivity contribution >= 4 is 5.91 Å². The molecule has 1 amide bonds. The van der Waals surface area contributed by atoms with E-state index < -0.39 is 49.5 Å².